The Balaban J connectivity index is 4.06. The zero-order valence-corrected chi connectivity index (χ0v) is 15.3. The van der Waals surface area contributed by atoms with Gasteiger partial charge in [0.2, 0.25) is 0 Å². The van der Waals surface area contributed by atoms with Crippen LogP contribution < -0.4 is 0 Å². The van der Waals surface area contributed by atoms with Crippen molar-refractivity contribution in [3.05, 3.63) is 0 Å². The summed E-state index contributed by atoms with van der Waals surface area (Å²) >= 11 is 0.185. The zero-order chi connectivity index (χ0) is 14.0. The smallest absolute Gasteiger partial charge is 0.299 e. The topological polar surface area (TPSA) is 3.24 Å². The second kappa shape index (κ2) is 11.5. The monoisotopic (exact) mass is 265 g/mol. The molecular formula is C16H35MgN. The van der Waals surface area contributed by atoms with Crippen LogP contribution in [0.2, 0.25) is 8.60 Å². The Hall–Kier alpha value is 0.726. The lowest BCUT2D eigenvalue weighted by atomic mass is 10.1. The third-order valence-electron chi connectivity index (χ3n) is 4.03. The molecule has 0 aromatic heterocycles. The number of unbranched alkanes of at least 4 members (excludes halogenated alkanes) is 1. The van der Waals surface area contributed by atoms with Crippen molar-refractivity contribution >= 4 is 20.4 Å². The largest absolute Gasteiger partial charge is 0.368 e. The highest BCUT2D eigenvalue weighted by molar-refractivity contribution is 6.37. The molecule has 1 atom stereocenters. The number of rotatable bonds is 11. The van der Waals surface area contributed by atoms with Crippen molar-refractivity contribution in [1.29, 1.82) is 0 Å². The van der Waals surface area contributed by atoms with E-state index < -0.39 is 0 Å². The van der Waals surface area contributed by atoms with E-state index in [1.165, 1.54) is 38.6 Å². The summed E-state index contributed by atoms with van der Waals surface area (Å²) in [7, 11) is 0. The predicted octanol–water partition coefficient (Wildman–Crippen LogP) is 5.01. The Bertz CT molecular complexity index is 172. The molecule has 0 aliphatic carbocycles. The molecule has 0 aromatic rings. The number of hydrogen-bond acceptors (Lipinski definition) is 1. The first-order valence-electron chi connectivity index (χ1n) is 8.28. The minimum Gasteiger partial charge on any atom is -0.299 e. The Morgan fingerprint density at radius 2 is 1.50 bits per heavy atom. The van der Waals surface area contributed by atoms with Crippen LogP contribution in [-0.2, 0) is 0 Å². The van der Waals surface area contributed by atoms with Crippen molar-refractivity contribution in [2.24, 2.45) is 0 Å². The fourth-order valence-corrected chi connectivity index (χ4v) is 5.50. The van der Waals surface area contributed by atoms with Crippen molar-refractivity contribution in [3.8, 4) is 0 Å². The van der Waals surface area contributed by atoms with Gasteiger partial charge in [0.15, 0.2) is 0 Å². The first kappa shape index (κ1) is 18.7. The molecule has 0 saturated heterocycles. The normalized spacial score (nSPS) is 13.4. The van der Waals surface area contributed by atoms with Gasteiger partial charge in [-0.1, -0.05) is 46.0 Å². The summed E-state index contributed by atoms with van der Waals surface area (Å²) in [6.45, 7) is 15.3. The van der Waals surface area contributed by atoms with Crippen LogP contribution in [0.15, 0.2) is 0 Å². The van der Waals surface area contributed by atoms with E-state index in [2.05, 4.69) is 46.4 Å². The Morgan fingerprint density at radius 1 is 0.889 bits per heavy atom. The molecule has 0 radical (unpaired) electrons. The predicted molar refractivity (Wildman–Crippen MR) is 85.7 cm³/mol. The van der Waals surface area contributed by atoms with E-state index in [0.29, 0.717) is 12.1 Å². The Kier molecular flexibility index (Phi) is 12.0. The maximum atomic E-state index is 2.66. The number of nitrogens with zero attached hydrogens (tertiary/aromatic N) is 1. The van der Waals surface area contributed by atoms with Gasteiger partial charge in [0, 0.05) is 12.1 Å². The fourth-order valence-electron chi connectivity index (χ4n) is 2.97. The number of hydrogen-bond donors (Lipinski definition) is 0. The molecule has 1 unspecified atom stereocenters. The van der Waals surface area contributed by atoms with E-state index in [0.717, 1.165) is 4.05 Å². The van der Waals surface area contributed by atoms with Crippen molar-refractivity contribution in [2.45, 2.75) is 94.3 Å². The summed E-state index contributed by atoms with van der Waals surface area (Å²) in [6.07, 6.45) is 7.19. The van der Waals surface area contributed by atoms with Crippen LogP contribution in [0.1, 0.15) is 73.6 Å². The van der Waals surface area contributed by atoms with E-state index in [4.69, 9.17) is 0 Å². The summed E-state index contributed by atoms with van der Waals surface area (Å²) in [5.41, 5.74) is 0. The molecule has 1 nitrogen and oxygen atoms in total. The SMILES string of the molecule is CCC[CH2][Mg][CH](CCC)CCN(C(C)C)C(C)C. The lowest BCUT2D eigenvalue weighted by Gasteiger charge is -2.32. The van der Waals surface area contributed by atoms with Crippen LogP contribution in [-0.4, -0.2) is 43.9 Å². The molecular weight excluding hydrogens is 230 g/mol. The van der Waals surface area contributed by atoms with Crippen molar-refractivity contribution in [2.75, 3.05) is 6.54 Å². The van der Waals surface area contributed by atoms with Crippen molar-refractivity contribution in [3.63, 3.8) is 0 Å². The van der Waals surface area contributed by atoms with Crippen molar-refractivity contribution < 1.29 is 0 Å². The molecule has 0 N–H and O–H groups in total. The Labute approximate surface area is 126 Å². The van der Waals surface area contributed by atoms with Crippen LogP contribution in [0.3, 0.4) is 0 Å². The first-order chi connectivity index (χ1) is 8.52. The van der Waals surface area contributed by atoms with Gasteiger partial charge in [0.1, 0.15) is 0 Å². The van der Waals surface area contributed by atoms with Crippen LogP contribution in [0.5, 0.6) is 0 Å². The molecule has 0 amide bonds. The first-order valence-corrected chi connectivity index (χ1v) is 10.1. The summed E-state index contributed by atoms with van der Waals surface area (Å²) in [6, 6.07) is 1.40. The van der Waals surface area contributed by atoms with E-state index in [1.54, 1.807) is 4.55 Å². The highest BCUT2D eigenvalue weighted by atomic mass is 24.5. The van der Waals surface area contributed by atoms with E-state index >= 15 is 0 Å². The van der Waals surface area contributed by atoms with Crippen LogP contribution in [0, 0.1) is 0 Å². The fraction of sp³-hybridized carbons (Fsp3) is 1.00. The van der Waals surface area contributed by atoms with Gasteiger partial charge >= 0.3 is 20.4 Å². The van der Waals surface area contributed by atoms with Gasteiger partial charge < -0.3 is 0 Å². The molecule has 0 fully saturated rings. The summed E-state index contributed by atoms with van der Waals surface area (Å²) in [4.78, 5) is 2.66. The molecule has 0 spiro atoms. The van der Waals surface area contributed by atoms with Crippen LogP contribution in [0.25, 0.3) is 0 Å². The van der Waals surface area contributed by atoms with E-state index in [9.17, 15) is 0 Å². The minimum atomic E-state index is 0.185. The summed E-state index contributed by atoms with van der Waals surface area (Å²) in [5.74, 6) is 0. The molecule has 18 heavy (non-hydrogen) atoms. The third-order valence-corrected chi connectivity index (χ3v) is 6.58. The second-order valence-electron chi connectivity index (χ2n) is 6.36. The van der Waals surface area contributed by atoms with Gasteiger partial charge in [0.05, 0.1) is 0 Å². The Morgan fingerprint density at radius 3 is 1.94 bits per heavy atom. The molecule has 106 valence electrons. The lowest BCUT2D eigenvalue weighted by molar-refractivity contribution is 0.171. The van der Waals surface area contributed by atoms with Gasteiger partial charge in [-0.15, -0.1) is 8.60 Å². The standard InChI is InChI=1S/C12H26N.C4H9.Mg/c1-6-7-8-9-10-13(11(2)3)12(4)5;1-3-4-2;/h8,11-12H,6-7,9-10H2,1-5H3;1,3-4H2,2H3;. The molecule has 0 saturated carbocycles. The maximum absolute atomic E-state index is 2.66. The van der Waals surface area contributed by atoms with Crippen LogP contribution in [0.4, 0.5) is 0 Å². The molecule has 0 rings (SSSR count). The highest BCUT2D eigenvalue weighted by Gasteiger charge is 2.16. The van der Waals surface area contributed by atoms with Gasteiger partial charge in [0.25, 0.3) is 0 Å². The molecule has 0 aliphatic heterocycles. The summed E-state index contributed by atoms with van der Waals surface area (Å²) < 4.78 is 2.67. The summed E-state index contributed by atoms with van der Waals surface area (Å²) in [5, 5.41) is 0. The average Bonchev–Trinajstić information content (AvgIpc) is 2.28. The molecule has 2 heteroatoms. The quantitative estimate of drug-likeness (QED) is 0.375. The van der Waals surface area contributed by atoms with Crippen LogP contribution >= 0.6 is 0 Å². The molecule has 0 aliphatic rings. The van der Waals surface area contributed by atoms with Crippen molar-refractivity contribution in [1.82, 2.24) is 4.90 Å². The third kappa shape index (κ3) is 8.76. The zero-order valence-electron chi connectivity index (χ0n) is 13.8. The minimum absolute atomic E-state index is 0.185. The van der Waals surface area contributed by atoms with Gasteiger partial charge in [-0.05, 0) is 34.2 Å². The second-order valence-corrected chi connectivity index (χ2v) is 8.80. The highest BCUT2D eigenvalue weighted by Crippen LogP contribution is 2.21. The lowest BCUT2D eigenvalue weighted by Crippen LogP contribution is -2.38. The van der Waals surface area contributed by atoms with E-state index in [1.807, 2.05) is 0 Å². The molecule has 0 aromatic carbocycles. The van der Waals surface area contributed by atoms with Gasteiger partial charge in [-0.3, -0.25) is 4.90 Å². The van der Waals surface area contributed by atoms with E-state index in [-0.39, 0.29) is 20.4 Å². The molecule has 0 bridgehead atoms. The van der Waals surface area contributed by atoms with Gasteiger partial charge in [-0.25, -0.2) is 0 Å². The average molecular weight is 266 g/mol. The van der Waals surface area contributed by atoms with Gasteiger partial charge in [-0.2, -0.15) is 0 Å². The molecule has 0 heterocycles. The maximum Gasteiger partial charge on any atom is 0.368 e.